The van der Waals surface area contributed by atoms with E-state index in [1.807, 2.05) is 18.9 Å². The van der Waals surface area contributed by atoms with Crippen LogP contribution in [0.25, 0.3) is 11.0 Å². The monoisotopic (exact) mass is 303 g/mol. The van der Waals surface area contributed by atoms with Crippen molar-refractivity contribution in [2.45, 2.75) is 26.8 Å². The minimum atomic E-state index is -0.458. The SMILES string of the molecule is COC(=O)c1cc2nc(N(C)C(C)C)c(C)nc2cc1OC. The second-order valence-corrected chi connectivity index (χ2v) is 5.37. The Kier molecular flexibility index (Phi) is 4.49. The first kappa shape index (κ1) is 16.0. The summed E-state index contributed by atoms with van der Waals surface area (Å²) in [6.07, 6.45) is 0. The lowest BCUT2D eigenvalue weighted by Crippen LogP contribution is -2.27. The molecule has 1 aromatic carbocycles. The molecule has 6 nitrogen and oxygen atoms in total. The predicted octanol–water partition coefficient (Wildman–Crippen LogP) is 2.58. The van der Waals surface area contributed by atoms with Crippen molar-refractivity contribution in [2.24, 2.45) is 0 Å². The van der Waals surface area contributed by atoms with Gasteiger partial charge < -0.3 is 14.4 Å². The third-order valence-corrected chi connectivity index (χ3v) is 3.65. The van der Waals surface area contributed by atoms with E-state index in [1.54, 1.807) is 12.1 Å². The van der Waals surface area contributed by atoms with Gasteiger partial charge in [-0.05, 0) is 26.8 Å². The molecule has 118 valence electrons. The highest BCUT2D eigenvalue weighted by molar-refractivity contribution is 5.97. The molecule has 2 aromatic rings. The number of carbonyl (C=O) groups excluding carboxylic acids is 1. The molecule has 0 unspecified atom stereocenters. The summed E-state index contributed by atoms with van der Waals surface area (Å²) in [5, 5.41) is 0. The molecular formula is C16H21N3O3. The molecule has 0 saturated heterocycles. The zero-order valence-electron chi connectivity index (χ0n) is 13.8. The summed E-state index contributed by atoms with van der Waals surface area (Å²) in [6.45, 7) is 6.08. The maximum atomic E-state index is 11.9. The number of nitrogens with zero attached hydrogens (tertiary/aromatic N) is 3. The van der Waals surface area contributed by atoms with E-state index < -0.39 is 5.97 Å². The number of aryl methyl sites for hydroxylation is 1. The van der Waals surface area contributed by atoms with Crippen molar-refractivity contribution in [3.05, 3.63) is 23.4 Å². The second-order valence-electron chi connectivity index (χ2n) is 5.37. The fourth-order valence-electron chi connectivity index (χ4n) is 2.18. The molecule has 0 aliphatic rings. The van der Waals surface area contributed by atoms with Crippen LogP contribution in [0.2, 0.25) is 0 Å². The van der Waals surface area contributed by atoms with Gasteiger partial charge >= 0.3 is 5.97 Å². The molecule has 0 aliphatic carbocycles. The molecule has 1 heterocycles. The number of ether oxygens (including phenoxy) is 2. The summed E-state index contributed by atoms with van der Waals surface area (Å²) in [7, 11) is 4.82. The molecule has 6 heteroatoms. The molecule has 0 saturated carbocycles. The average Bonchev–Trinajstić information content (AvgIpc) is 2.51. The van der Waals surface area contributed by atoms with E-state index in [-0.39, 0.29) is 0 Å². The predicted molar refractivity (Wildman–Crippen MR) is 85.7 cm³/mol. The zero-order chi connectivity index (χ0) is 16.4. The first-order valence-corrected chi connectivity index (χ1v) is 7.06. The summed E-state index contributed by atoms with van der Waals surface area (Å²) in [6, 6.07) is 3.66. The van der Waals surface area contributed by atoms with Gasteiger partial charge in [-0.2, -0.15) is 0 Å². The Balaban J connectivity index is 2.67. The summed E-state index contributed by atoms with van der Waals surface area (Å²) in [4.78, 5) is 23.1. The van der Waals surface area contributed by atoms with Gasteiger partial charge in [-0.1, -0.05) is 0 Å². The lowest BCUT2D eigenvalue weighted by Gasteiger charge is -2.24. The Morgan fingerprint density at radius 3 is 2.36 bits per heavy atom. The van der Waals surface area contributed by atoms with Crippen LogP contribution < -0.4 is 9.64 Å². The number of rotatable bonds is 4. The minimum Gasteiger partial charge on any atom is -0.496 e. The van der Waals surface area contributed by atoms with Gasteiger partial charge in [-0.25, -0.2) is 14.8 Å². The zero-order valence-corrected chi connectivity index (χ0v) is 13.8. The van der Waals surface area contributed by atoms with Crippen molar-refractivity contribution in [1.29, 1.82) is 0 Å². The van der Waals surface area contributed by atoms with Gasteiger partial charge in [-0.15, -0.1) is 0 Å². The second kappa shape index (κ2) is 6.17. The van der Waals surface area contributed by atoms with Crippen LogP contribution in [0.1, 0.15) is 29.9 Å². The Morgan fingerprint density at radius 1 is 1.18 bits per heavy atom. The number of fused-ring (bicyclic) bond motifs is 1. The smallest absolute Gasteiger partial charge is 0.341 e. The molecule has 2 rings (SSSR count). The third-order valence-electron chi connectivity index (χ3n) is 3.65. The molecule has 0 bridgehead atoms. The van der Waals surface area contributed by atoms with E-state index in [4.69, 9.17) is 9.47 Å². The summed E-state index contributed by atoms with van der Waals surface area (Å²) in [5.41, 5.74) is 2.49. The van der Waals surface area contributed by atoms with E-state index in [0.717, 1.165) is 11.5 Å². The minimum absolute atomic E-state index is 0.295. The third kappa shape index (κ3) is 2.81. The van der Waals surface area contributed by atoms with Crippen molar-refractivity contribution in [1.82, 2.24) is 9.97 Å². The standard InChI is InChI=1S/C16H21N3O3/c1-9(2)19(4)15-10(3)17-13-8-14(21-5)11(16(20)22-6)7-12(13)18-15/h7-9H,1-6H3. The fraction of sp³-hybridized carbons (Fsp3) is 0.438. The van der Waals surface area contributed by atoms with Gasteiger partial charge in [0, 0.05) is 19.2 Å². The van der Waals surface area contributed by atoms with Gasteiger partial charge in [0.05, 0.1) is 30.9 Å². The Hall–Kier alpha value is -2.37. The molecule has 0 aliphatic heterocycles. The number of hydrogen-bond donors (Lipinski definition) is 0. The normalized spacial score (nSPS) is 10.9. The van der Waals surface area contributed by atoms with Crippen molar-refractivity contribution < 1.29 is 14.3 Å². The van der Waals surface area contributed by atoms with Crippen molar-refractivity contribution in [2.75, 3.05) is 26.2 Å². The van der Waals surface area contributed by atoms with E-state index in [2.05, 4.69) is 23.8 Å². The van der Waals surface area contributed by atoms with Crippen LogP contribution in [0.5, 0.6) is 5.75 Å². The van der Waals surface area contributed by atoms with Gasteiger partial charge in [0.1, 0.15) is 11.3 Å². The maximum Gasteiger partial charge on any atom is 0.341 e. The van der Waals surface area contributed by atoms with Gasteiger partial charge in [0.25, 0.3) is 0 Å². The van der Waals surface area contributed by atoms with Crippen LogP contribution in [0.15, 0.2) is 12.1 Å². The van der Waals surface area contributed by atoms with Crippen molar-refractivity contribution >= 4 is 22.8 Å². The Bertz CT molecular complexity index is 713. The first-order valence-electron chi connectivity index (χ1n) is 7.06. The molecule has 0 radical (unpaired) electrons. The van der Waals surface area contributed by atoms with Crippen LogP contribution in [-0.2, 0) is 4.74 Å². The number of carbonyl (C=O) groups is 1. The first-order chi connectivity index (χ1) is 10.4. The van der Waals surface area contributed by atoms with Gasteiger partial charge in [0.15, 0.2) is 5.82 Å². The lowest BCUT2D eigenvalue weighted by molar-refractivity contribution is 0.0597. The van der Waals surface area contributed by atoms with Crippen LogP contribution in [-0.4, -0.2) is 43.2 Å². The summed E-state index contributed by atoms with van der Waals surface area (Å²) in [5.74, 6) is 0.765. The molecular weight excluding hydrogens is 282 g/mol. The highest BCUT2D eigenvalue weighted by Crippen LogP contribution is 2.27. The van der Waals surface area contributed by atoms with E-state index in [9.17, 15) is 4.79 Å². The summed E-state index contributed by atoms with van der Waals surface area (Å²) >= 11 is 0. The maximum absolute atomic E-state index is 11.9. The number of anilines is 1. The van der Waals surface area contributed by atoms with Gasteiger partial charge in [0.2, 0.25) is 0 Å². The quantitative estimate of drug-likeness (QED) is 0.809. The van der Waals surface area contributed by atoms with Crippen molar-refractivity contribution in [3.8, 4) is 5.75 Å². The largest absolute Gasteiger partial charge is 0.496 e. The highest BCUT2D eigenvalue weighted by Gasteiger charge is 2.18. The van der Waals surface area contributed by atoms with Gasteiger partial charge in [-0.3, -0.25) is 0 Å². The molecule has 1 aromatic heterocycles. The molecule has 22 heavy (non-hydrogen) atoms. The van der Waals surface area contributed by atoms with Crippen LogP contribution in [0.4, 0.5) is 5.82 Å². The van der Waals surface area contributed by atoms with E-state index in [0.29, 0.717) is 28.4 Å². The number of aromatic nitrogens is 2. The van der Waals surface area contributed by atoms with E-state index in [1.165, 1.54) is 14.2 Å². The van der Waals surface area contributed by atoms with Crippen LogP contribution >= 0.6 is 0 Å². The number of benzene rings is 1. The Morgan fingerprint density at radius 2 is 1.82 bits per heavy atom. The number of esters is 1. The summed E-state index contributed by atoms with van der Waals surface area (Å²) < 4.78 is 10.0. The van der Waals surface area contributed by atoms with E-state index >= 15 is 0 Å². The lowest BCUT2D eigenvalue weighted by atomic mass is 10.1. The molecule has 0 spiro atoms. The topological polar surface area (TPSA) is 64.5 Å². The number of methoxy groups -OCH3 is 2. The molecule has 0 atom stereocenters. The molecule has 0 fully saturated rings. The average molecular weight is 303 g/mol. The molecule has 0 amide bonds. The highest BCUT2D eigenvalue weighted by atomic mass is 16.5. The number of hydrogen-bond acceptors (Lipinski definition) is 6. The molecule has 0 N–H and O–H groups in total. The van der Waals surface area contributed by atoms with Crippen molar-refractivity contribution in [3.63, 3.8) is 0 Å². The van der Waals surface area contributed by atoms with Crippen LogP contribution in [0, 0.1) is 6.92 Å². The fourth-order valence-corrected chi connectivity index (χ4v) is 2.18. The van der Waals surface area contributed by atoms with Crippen LogP contribution in [0.3, 0.4) is 0 Å². The Labute approximate surface area is 130 Å².